The predicted molar refractivity (Wildman–Crippen MR) is 78.8 cm³/mol. The van der Waals surface area contributed by atoms with Crippen LogP contribution in [0.25, 0.3) is 0 Å². The van der Waals surface area contributed by atoms with Crippen LogP contribution in [-0.4, -0.2) is 18.0 Å². The first-order valence-corrected chi connectivity index (χ1v) is 7.35. The lowest BCUT2D eigenvalue weighted by molar-refractivity contribution is -0.138. The van der Waals surface area contributed by atoms with E-state index in [2.05, 4.69) is 18.7 Å². The third kappa shape index (κ3) is 4.37. The fourth-order valence-corrected chi connectivity index (χ4v) is 2.87. The topological polar surface area (TPSA) is 29.3 Å². The molecule has 0 amide bonds. The Labute approximate surface area is 124 Å². The lowest BCUT2D eigenvalue weighted by atomic mass is 9.85. The van der Waals surface area contributed by atoms with Crippen LogP contribution in [0.1, 0.15) is 44.2 Å². The van der Waals surface area contributed by atoms with E-state index >= 15 is 0 Å². The van der Waals surface area contributed by atoms with Crippen LogP contribution in [0.15, 0.2) is 18.2 Å². The molecule has 2 nitrogen and oxygen atoms in total. The molecule has 2 N–H and O–H groups in total. The van der Waals surface area contributed by atoms with Crippen LogP contribution in [0.3, 0.4) is 0 Å². The van der Waals surface area contributed by atoms with Crippen LogP contribution in [-0.2, 0) is 12.7 Å². The van der Waals surface area contributed by atoms with Crippen LogP contribution in [0, 0.1) is 5.41 Å². The molecule has 118 valence electrons. The lowest BCUT2D eigenvalue weighted by Gasteiger charge is -2.24. The summed E-state index contributed by atoms with van der Waals surface area (Å²) in [7, 11) is 0. The minimum atomic E-state index is -4.35. The van der Waals surface area contributed by atoms with Crippen molar-refractivity contribution < 1.29 is 13.2 Å². The van der Waals surface area contributed by atoms with E-state index in [1.165, 1.54) is 6.07 Å². The molecule has 0 radical (unpaired) electrons. The number of hydrogen-bond acceptors (Lipinski definition) is 2. The molecule has 0 aromatic heterocycles. The molecule has 1 aromatic carbocycles. The third-order valence-electron chi connectivity index (χ3n) is 4.27. The van der Waals surface area contributed by atoms with Gasteiger partial charge in [0.05, 0.1) is 5.56 Å². The Kier molecular flexibility index (Phi) is 4.51. The molecule has 0 unspecified atom stereocenters. The summed E-state index contributed by atoms with van der Waals surface area (Å²) >= 11 is 0. The van der Waals surface area contributed by atoms with Gasteiger partial charge in [-0.2, -0.15) is 13.2 Å². The quantitative estimate of drug-likeness (QED) is 0.825. The van der Waals surface area contributed by atoms with E-state index in [9.17, 15) is 13.2 Å². The highest BCUT2D eigenvalue weighted by atomic mass is 19.4. The number of nitrogens with two attached hydrogens (primary N) is 1. The number of alkyl halides is 3. The van der Waals surface area contributed by atoms with Crippen LogP contribution in [0.4, 0.5) is 18.9 Å². The summed E-state index contributed by atoms with van der Waals surface area (Å²) in [6.45, 7) is 6.48. The maximum Gasteiger partial charge on any atom is 0.416 e. The van der Waals surface area contributed by atoms with E-state index in [1.54, 1.807) is 6.07 Å². The smallest absolute Gasteiger partial charge is 0.399 e. The van der Waals surface area contributed by atoms with Crippen molar-refractivity contribution in [3.63, 3.8) is 0 Å². The van der Waals surface area contributed by atoms with Crippen LogP contribution < -0.4 is 5.73 Å². The Morgan fingerprint density at radius 1 is 1.19 bits per heavy atom. The number of anilines is 1. The predicted octanol–water partition coefficient (Wildman–Crippen LogP) is 4.30. The summed E-state index contributed by atoms with van der Waals surface area (Å²) in [5.74, 6) is 0. The number of nitrogen functional groups attached to an aromatic ring is 1. The molecular weight excluding hydrogens is 277 g/mol. The molecule has 0 bridgehead atoms. The second-order valence-electron chi connectivity index (χ2n) is 6.71. The number of benzene rings is 1. The fourth-order valence-electron chi connectivity index (χ4n) is 2.87. The molecule has 1 aliphatic heterocycles. The second-order valence-corrected chi connectivity index (χ2v) is 6.71. The Morgan fingerprint density at radius 3 is 2.57 bits per heavy atom. The highest BCUT2D eigenvalue weighted by Crippen LogP contribution is 2.35. The number of nitrogens with zero attached hydrogens (tertiary/aromatic N) is 1. The van der Waals surface area contributed by atoms with Gasteiger partial charge in [-0.1, -0.05) is 19.9 Å². The number of likely N-dealkylation sites (tertiary alicyclic amines) is 1. The Bertz CT molecular complexity index is 495. The Hall–Kier alpha value is -1.23. The summed E-state index contributed by atoms with van der Waals surface area (Å²) in [5.41, 5.74) is 5.65. The average Bonchev–Trinajstić information content (AvgIpc) is 2.52. The summed E-state index contributed by atoms with van der Waals surface area (Å²) < 4.78 is 39.3. The molecule has 1 aromatic rings. The van der Waals surface area contributed by atoms with Crippen molar-refractivity contribution >= 4 is 5.69 Å². The van der Waals surface area contributed by atoms with E-state index in [-0.39, 0.29) is 11.1 Å². The molecule has 1 heterocycles. The van der Waals surface area contributed by atoms with Gasteiger partial charge in [0.25, 0.3) is 0 Å². The minimum Gasteiger partial charge on any atom is -0.399 e. The van der Waals surface area contributed by atoms with Gasteiger partial charge in [-0.15, -0.1) is 0 Å². The SMILES string of the molecule is CC1(C)CCCN(Cc2ccc(N)cc2C(F)(F)F)CC1. The van der Waals surface area contributed by atoms with Crippen LogP contribution in [0.2, 0.25) is 0 Å². The minimum absolute atomic E-state index is 0.156. The summed E-state index contributed by atoms with van der Waals surface area (Å²) in [6, 6.07) is 4.09. The number of rotatable bonds is 2. The van der Waals surface area contributed by atoms with Gasteiger partial charge in [-0.25, -0.2) is 0 Å². The number of halogens is 3. The van der Waals surface area contributed by atoms with Crippen molar-refractivity contribution in [2.75, 3.05) is 18.8 Å². The normalized spacial score (nSPS) is 20.2. The van der Waals surface area contributed by atoms with Crippen molar-refractivity contribution in [1.29, 1.82) is 0 Å². The molecule has 0 aliphatic carbocycles. The summed E-state index contributed by atoms with van der Waals surface area (Å²) in [4.78, 5) is 2.12. The van der Waals surface area contributed by atoms with Crippen molar-refractivity contribution in [2.24, 2.45) is 5.41 Å². The monoisotopic (exact) mass is 300 g/mol. The average molecular weight is 300 g/mol. The van der Waals surface area contributed by atoms with E-state index < -0.39 is 11.7 Å². The Balaban J connectivity index is 2.16. The van der Waals surface area contributed by atoms with E-state index in [4.69, 9.17) is 5.73 Å². The first kappa shape index (κ1) is 16.1. The molecular formula is C16H23F3N2. The van der Waals surface area contributed by atoms with Crippen molar-refractivity contribution in [3.05, 3.63) is 29.3 Å². The largest absolute Gasteiger partial charge is 0.416 e. The molecule has 5 heteroatoms. The van der Waals surface area contributed by atoms with Gasteiger partial charge in [-0.05, 0) is 55.5 Å². The first-order chi connectivity index (χ1) is 9.67. The Morgan fingerprint density at radius 2 is 1.90 bits per heavy atom. The highest BCUT2D eigenvalue weighted by molar-refractivity contribution is 5.46. The third-order valence-corrected chi connectivity index (χ3v) is 4.27. The van der Waals surface area contributed by atoms with E-state index in [0.717, 1.165) is 38.4 Å². The summed E-state index contributed by atoms with van der Waals surface area (Å²) in [5, 5.41) is 0. The molecule has 0 spiro atoms. The maximum absolute atomic E-state index is 13.1. The lowest BCUT2D eigenvalue weighted by Crippen LogP contribution is -2.26. The second kappa shape index (κ2) is 5.87. The molecule has 1 fully saturated rings. The van der Waals surface area contributed by atoms with Crippen molar-refractivity contribution in [2.45, 2.75) is 45.8 Å². The van der Waals surface area contributed by atoms with Gasteiger partial charge in [0.2, 0.25) is 0 Å². The zero-order valence-corrected chi connectivity index (χ0v) is 12.6. The fraction of sp³-hybridized carbons (Fsp3) is 0.625. The zero-order chi connectivity index (χ0) is 15.7. The molecule has 0 saturated carbocycles. The van der Waals surface area contributed by atoms with Gasteiger partial charge < -0.3 is 5.73 Å². The van der Waals surface area contributed by atoms with Gasteiger partial charge in [0.1, 0.15) is 0 Å². The highest BCUT2D eigenvalue weighted by Gasteiger charge is 2.34. The van der Waals surface area contributed by atoms with Crippen molar-refractivity contribution in [3.8, 4) is 0 Å². The number of hydrogen-bond donors (Lipinski definition) is 1. The van der Waals surface area contributed by atoms with Gasteiger partial charge in [0, 0.05) is 12.2 Å². The van der Waals surface area contributed by atoms with Crippen LogP contribution >= 0.6 is 0 Å². The van der Waals surface area contributed by atoms with E-state index in [0.29, 0.717) is 12.1 Å². The maximum atomic E-state index is 13.1. The molecule has 2 rings (SSSR count). The van der Waals surface area contributed by atoms with Crippen LogP contribution in [0.5, 0.6) is 0 Å². The van der Waals surface area contributed by atoms with Gasteiger partial charge >= 0.3 is 6.18 Å². The first-order valence-electron chi connectivity index (χ1n) is 7.35. The van der Waals surface area contributed by atoms with Gasteiger partial charge in [0.15, 0.2) is 0 Å². The molecule has 0 atom stereocenters. The molecule has 21 heavy (non-hydrogen) atoms. The van der Waals surface area contributed by atoms with Gasteiger partial charge in [-0.3, -0.25) is 4.90 Å². The van der Waals surface area contributed by atoms with E-state index in [1.807, 2.05) is 0 Å². The zero-order valence-electron chi connectivity index (χ0n) is 12.6. The van der Waals surface area contributed by atoms with Crippen molar-refractivity contribution in [1.82, 2.24) is 4.90 Å². The molecule has 1 saturated heterocycles. The standard InChI is InChI=1S/C16H23F3N2/c1-15(2)6-3-8-21(9-7-15)11-12-4-5-13(20)10-14(12)16(17,18)19/h4-5,10H,3,6-9,11,20H2,1-2H3. The summed E-state index contributed by atoms with van der Waals surface area (Å²) in [6.07, 6.45) is -1.18. The molecule has 1 aliphatic rings.